The Balaban J connectivity index is 4.61. The van der Waals surface area contributed by atoms with Crippen LogP contribution in [0.1, 0.15) is 55.4 Å². The van der Waals surface area contributed by atoms with Crippen molar-refractivity contribution in [3.63, 3.8) is 0 Å². The summed E-state index contributed by atoms with van der Waals surface area (Å²) >= 11 is 0. The lowest BCUT2D eigenvalue weighted by Crippen LogP contribution is -2.41. The van der Waals surface area contributed by atoms with E-state index in [1.165, 1.54) is 19.9 Å². The van der Waals surface area contributed by atoms with Crippen LogP contribution in [0.2, 0.25) is 0 Å². The highest BCUT2D eigenvalue weighted by molar-refractivity contribution is 6.46. The Hall–Kier alpha value is -1.30. The summed E-state index contributed by atoms with van der Waals surface area (Å²) in [4.78, 5) is 15.2. The van der Waals surface area contributed by atoms with Gasteiger partial charge in [0.05, 0.1) is 5.60 Å². The zero-order chi connectivity index (χ0) is 16.9. The van der Waals surface area contributed by atoms with Crippen LogP contribution in [-0.2, 0) is 9.39 Å². The SMILES string of the molecule is CC(C)(C)OC(=O)/N=C/C([B]OC(C)(C)C(C)(C)C)=C\N. The van der Waals surface area contributed by atoms with Gasteiger partial charge in [-0.25, -0.2) is 4.79 Å². The van der Waals surface area contributed by atoms with Gasteiger partial charge in [0.1, 0.15) is 5.60 Å². The molecule has 0 atom stereocenters. The number of carbonyl (C=O) groups excluding carboxylic acids is 1. The molecule has 1 amide bonds. The van der Waals surface area contributed by atoms with Crippen LogP contribution in [0, 0.1) is 5.41 Å². The van der Waals surface area contributed by atoms with E-state index in [-0.39, 0.29) is 11.0 Å². The van der Waals surface area contributed by atoms with E-state index >= 15 is 0 Å². The van der Waals surface area contributed by atoms with E-state index in [4.69, 9.17) is 15.1 Å². The van der Waals surface area contributed by atoms with E-state index in [1.807, 2.05) is 13.8 Å². The maximum Gasteiger partial charge on any atom is 0.434 e. The molecule has 0 aliphatic heterocycles. The standard InChI is InChI=1S/C15H28BN2O3/c1-13(2,3)15(7,8)21-16-11(9-17)10-18-12(19)20-14(4,5)6/h9-10H,17H2,1-8H3/b11-9+,18-10+. The fourth-order valence-corrected chi connectivity index (χ4v) is 0.920. The van der Waals surface area contributed by atoms with Crippen LogP contribution in [0.4, 0.5) is 4.79 Å². The summed E-state index contributed by atoms with van der Waals surface area (Å²) in [5.41, 5.74) is 4.99. The van der Waals surface area contributed by atoms with Gasteiger partial charge in [-0.05, 0) is 51.7 Å². The second-order valence-corrected chi connectivity index (χ2v) is 7.40. The summed E-state index contributed by atoms with van der Waals surface area (Å²) in [7, 11) is 1.50. The smallest absolute Gasteiger partial charge is 0.434 e. The van der Waals surface area contributed by atoms with Crippen LogP contribution in [0.25, 0.3) is 0 Å². The highest BCUT2D eigenvalue weighted by Crippen LogP contribution is 2.32. The van der Waals surface area contributed by atoms with Crippen molar-refractivity contribution in [1.82, 2.24) is 0 Å². The van der Waals surface area contributed by atoms with Crippen LogP contribution < -0.4 is 5.73 Å². The molecule has 0 aromatic heterocycles. The molecule has 119 valence electrons. The fraction of sp³-hybridized carbons (Fsp3) is 0.733. The highest BCUT2D eigenvalue weighted by Gasteiger charge is 2.33. The van der Waals surface area contributed by atoms with Crippen LogP contribution in [0.15, 0.2) is 16.7 Å². The van der Waals surface area contributed by atoms with Crippen molar-refractivity contribution in [2.24, 2.45) is 16.1 Å². The third-order valence-corrected chi connectivity index (χ3v) is 3.20. The first kappa shape index (κ1) is 19.7. The van der Waals surface area contributed by atoms with E-state index in [9.17, 15) is 4.79 Å². The summed E-state index contributed by atoms with van der Waals surface area (Å²) < 4.78 is 10.8. The van der Waals surface area contributed by atoms with Gasteiger partial charge in [0.2, 0.25) is 0 Å². The van der Waals surface area contributed by atoms with E-state index in [2.05, 4.69) is 25.8 Å². The van der Waals surface area contributed by atoms with Crippen molar-refractivity contribution < 1.29 is 14.2 Å². The Bertz CT molecular complexity index is 416. The third-order valence-electron chi connectivity index (χ3n) is 3.20. The Morgan fingerprint density at radius 1 is 1.10 bits per heavy atom. The fourth-order valence-electron chi connectivity index (χ4n) is 0.920. The van der Waals surface area contributed by atoms with Crippen molar-refractivity contribution in [2.75, 3.05) is 0 Å². The Morgan fingerprint density at radius 3 is 2.00 bits per heavy atom. The number of nitrogens with two attached hydrogens (primary N) is 1. The quantitative estimate of drug-likeness (QED) is 0.638. The zero-order valence-electron chi connectivity index (χ0n) is 14.5. The van der Waals surface area contributed by atoms with Crippen molar-refractivity contribution in [2.45, 2.75) is 66.6 Å². The maximum atomic E-state index is 11.5. The van der Waals surface area contributed by atoms with Gasteiger partial charge >= 0.3 is 13.6 Å². The molecule has 0 unspecified atom stereocenters. The molecule has 0 aliphatic rings. The van der Waals surface area contributed by atoms with Gasteiger partial charge in [-0.15, -0.1) is 0 Å². The topological polar surface area (TPSA) is 73.9 Å². The van der Waals surface area contributed by atoms with Gasteiger partial charge in [-0.3, -0.25) is 0 Å². The van der Waals surface area contributed by atoms with Crippen LogP contribution in [0.5, 0.6) is 0 Å². The molecule has 0 saturated heterocycles. The number of ether oxygens (including phenoxy) is 1. The molecule has 1 radical (unpaired) electrons. The minimum atomic E-state index is -0.662. The minimum Gasteiger partial charge on any atom is -0.442 e. The summed E-state index contributed by atoms with van der Waals surface area (Å²) in [6.45, 7) is 15.6. The van der Waals surface area contributed by atoms with Gasteiger partial charge in [0, 0.05) is 6.21 Å². The number of aliphatic imine (C=N–C) groups is 1. The summed E-state index contributed by atoms with van der Waals surface area (Å²) in [6.07, 6.45) is 1.99. The molecule has 0 aromatic carbocycles. The lowest BCUT2D eigenvalue weighted by molar-refractivity contribution is 0.00456. The Morgan fingerprint density at radius 2 is 1.62 bits per heavy atom. The monoisotopic (exact) mass is 295 g/mol. The van der Waals surface area contributed by atoms with Crippen molar-refractivity contribution in [1.29, 1.82) is 0 Å². The molecule has 6 heteroatoms. The summed E-state index contributed by atoms with van der Waals surface area (Å²) in [5.74, 6) is 0. The third kappa shape index (κ3) is 7.90. The van der Waals surface area contributed by atoms with E-state index in [1.54, 1.807) is 20.8 Å². The molecule has 0 heterocycles. The molecule has 0 aliphatic carbocycles. The first-order chi connectivity index (χ1) is 9.28. The predicted molar refractivity (Wildman–Crippen MR) is 87.4 cm³/mol. The minimum absolute atomic E-state index is 0.0501. The Kier molecular flexibility index (Phi) is 6.68. The number of hydrogen-bond donors (Lipinski definition) is 1. The molecule has 21 heavy (non-hydrogen) atoms. The van der Waals surface area contributed by atoms with E-state index < -0.39 is 11.7 Å². The molecule has 0 bridgehead atoms. The van der Waals surface area contributed by atoms with Crippen LogP contribution in [0.3, 0.4) is 0 Å². The molecule has 0 aromatic rings. The lowest BCUT2D eigenvalue weighted by Gasteiger charge is -2.39. The second kappa shape index (κ2) is 7.12. The molecule has 0 spiro atoms. The average Bonchev–Trinajstić information content (AvgIpc) is 2.25. The summed E-state index contributed by atoms with van der Waals surface area (Å²) in [6, 6.07) is 0. The molecule has 5 nitrogen and oxygen atoms in total. The Labute approximate surface area is 129 Å². The van der Waals surface area contributed by atoms with Crippen molar-refractivity contribution >= 4 is 19.8 Å². The van der Waals surface area contributed by atoms with Crippen molar-refractivity contribution in [3.05, 3.63) is 11.7 Å². The average molecular weight is 295 g/mol. The van der Waals surface area contributed by atoms with Gasteiger partial charge in [-0.2, -0.15) is 4.99 Å². The lowest BCUT2D eigenvalue weighted by atomic mass is 9.76. The first-order valence-electron chi connectivity index (χ1n) is 6.98. The van der Waals surface area contributed by atoms with Gasteiger partial charge in [0.25, 0.3) is 0 Å². The molecule has 2 N–H and O–H groups in total. The molecule has 0 fully saturated rings. The van der Waals surface area contributed by atoms with Gasteiger partial charge < -0.3 is 15.1 Å². The normalized spacial score (nSPS) is 14.4. The van der Waals surface area contributed by atoms with Gasteiger partial charge in [-0.1, -0.05) is 20.8 Å². The maximum absolute atomic E-state index is 11.5. The van der Waals surface area contributed by atoms with E-state index in [0.717, 1.165) is 0 Å². The zero-order valence-corrected chi connectivity index (χ0v) is 14.5. The first-order valence-corrected chi connectivity index (χ1v) is 6.98. The van der Waals surface area contributed by atoms with Gasteiger partial charge in [0.15, 0.2) is 0 Å². The largest absolute Gasteiger partial charge is 0.442 e. The number of nitrogens with zero attached hydrogens (tertiary/aromatic N) is 1. The van der Waals surface area contributed by atoms with Crippen LogP contribution >= 0.6 is 0 Å². The number of carbonyl (C=O) groups is 1. The predicted octanol–water partition coefficient (Wildman–Crippen LogP) is 3.25. The molecule has 0 saturated carbocycles. The number of hydrogen-bond acceptors (Lipinski definition) is 4. The summed E-state index contributed by atoms with van der Waals surface area (Å²) in [5, 5.41) is 0. The number of amides is 1. The number of rotatable bonds is 4. The van der Waals surface area contributed by atoms with Crippen LogP contribution in [-0.4, -0.2) is 31.0 Å². The van der Waals surface area contributed by atoms with E-state index in [0.29, 0.717) is 5.47 Å². The number of allylic oxidation sites excluding steroid dienone is 1. The second-order valence-electron chi connectivity index (χ2n) is 7.40. The molecular formula is C15H28BN2O3. The molecule has 0 rings (SSSR count). The molecular weight excluding hydrogens is 267 g/mol. The highest BCUT2D eigenvalue weighted by atomic mass is 16.6. The van der Waals surface area contributed by atoms with Crippen molar-refractivity contribution in [3.8, 4) is 0 Å².